The third-order valence-electron chi connectivity index (χ3n) is 0.915. The van der Waals surface area contributed by atoms with E-state index in [1.54, 1.807) is 0 Å². The molecule has 0 saturated heterocycles. The zero-order valence-electron chi connectivity index (χ0n) is 4.26. The summed E-state index contributed by atoms with van der Waals surface area (Å²) in [6.45, 7) is 3.72. The summed E-state index contributed by atoms with van der Waals surface area (Å²) in [5.41, 5.74) is 0. The van der Waals surface area contributed by atoms with E-state index in [0.717, 1.165) is 19.5 Å². The van der Waals surface area contributed by atoms with Gasteiger partial charge in [0.25, 0.3) is 0 Å². The minimum absolute atomic E-state index is 0.788. The van der Waals surface area contributed by atoms with Gasteiger partial charge in [-0.2, -0.15) is 0 Å². The van der Waals surface area contributed by atoms with Crippen LogP contribution in [0, 0.1) is 0 Å². The fraction of sp³-hybridized carbons (Fsp3) is 0.750. The van der Waals surface area contributed by atoms with Crippen LogP contribution in [0.2, 0.25) is 0 Å². The van der Waals surface area contributed by atoms with Gasteiger partial charge in [-0.05, 0) is 0 Å². The average Bonchev–Trinajstić information content (AvgIpc) is 1.90. The SMILES string of the molecule is [B]1B=CCCOC1. The van der Waals surface area contributed by atoms with Crippen molar-refractivity contribution in [3.05, 3.63) is 0 Å². The standard InChI is InChI=1S/C4H7B2O/c1-2-5-6-4-7-3-1/h2H,1,3-4H2. The Balaban J connectivity index is 2.20. The molecular formula is C4H7B2O. The number of hydrogen-bond donors (Lipinski definition) is 0. The van der Waals surface area contributed by atoms with Crippen LogP contribution in [0.1, 0.15) is 6.42 Å². The van der Waals surface area contributed by atoms with Gasteiger partial charge in [0, 0.05) is 0 Å². The average molecular weight is 92.7 g/mol. The molecule has 0 bridgehead atoms. The van der Waals surface area contributed by atoms with Gasteiger partial charge in [0.1, 0.15) is 0 Å². The zero-order valence-corrected chi connectivity index (χ0v) is 4.26. The molecule has 0 fully saturated rings. The predicted octanol–water partition coefficient (Wildman–Crippen LogP) is -0.510. The quantitative estimate of drug-likeness (QED) is 0.366. The van der Waals surface area contributed by atoms with Crippen molar-refractivity contribution in [1.29, 1.82) is 0 Å². The minimum atomic E-state index is 0.788. The Morgan fingerprint density at radius 3 is 3.57 bits per heavy atom. The van der Waals surface area contributed by atoms with Crippen LogP contribution >= 0.6 is 0 Å². The first-order chi connectivity index (χ1) is 3.50. The van der Waals surface area contributed by atoms with Gasteiger partial charge in [-0.3, -0.25) is 0 Å². The van der Waals surface area contributed by atoms with Crippen molar-refractivity contribution in [2.24, 2.45) is 0 Å². The van der Waals surface area contributed by atoms with E-state index >= 15 is 0 Å². The van der Waals surface area contributed by atoms with Crippen LogP contribution in [0.3, 0.4) is 0 Å². The van der Waals surface area contributed by atoms with Crippen molar-refractivity contribution >= 4 is 19.9 Å². The monoisotopic (exact) mass is 93.1 g/mol. The fourth-order valence-electron chi connectivity index (χ4n) is 0.551. The summed E-state index contributed by atoms with van der Waals surface area (Å²) in [4.78, 5) is 0. The van der Waals surface area contributed by atoms with E-state index in [1.807, 2.05) is 14.0 Å². The molecule has 0 saturated carbocycles. The van der Waals surface area contributed by atoms with Gasteiger partial charge < -0.3 is 0 Å². The van der Waals surface area contributed by atoms with Crippen LogP contribution in [0.15, 0.2) is 0 Å². The molecule has 1 aliphatic rings. The third kappa shape index (κ3) is 1.93. The molecule has 1 radical (unpaired) electrons. The summed E-state index contributed by atoms with van der Waals surface area (Å²) in [6, 6.07) is 0. The molecule has 0 N–H and O–H groups in total. The predicted molar refractivity (Wildman–Crippen MR) is 33.0 cm³/mol. The molecule has 0 spiro atoms. The number of rotatable bonds is 0. The molecule has 0 aromatic carbocycles. The summed E-state index contributed by atoms with van der Waals surface area (Å²) in [5.74, 6) is 2.12. The Kier molecular flexibility index (Phi) is 2.21. The molecular weight excluding hydrogens is 85.7 g/mol. The summed E-state index contributed by atoms with van der Waals surface area (Å²) < 4.78 is 5.08. The first kappa shape index (κ1) is 5.10. The second-order valence-corrected chi connectivity index (χ2v) is 1.53. The summed E-state index contributed by atoms with van der Waals surface area (Å²) in [5, 5.41) is 0. The van der Waals surface area contributed by atoms with Gasteiger partial charge in [-0.25, -0.2) is 0 Å². The Bertz CT molecular complexity index is 64.1. The molecule has 0 aromatic rings. The summed E-state index contributed by atoms with van der Waals surface area (Å²) in [7, 11) is 2.02. The molecule has 0 aliphatic carbocycles. The van der Waals surface area contributed by atoms with E-state index in [1.165, 1.54) is 0 Å². The molecule has 0 amide bonds. The van der Waals surface area contributed by atoms with E-state index in [-0.39, 0.29) is 0 Å². The molecule has 7 heavy (non-hydrogen) atoms. The van der Waals surface area contributed by atoms with Crippen LogP contribution in [-0.4, -0.2) is 33.1 Å². The Labute approximate surface area is 45.2 Å². The normalized spacial score (nSPS) is 19.4. The maximum absolute atomic E-state index is 5.08. The van der Waals surface area contributed by atoms with Crippen molar-refractivity contribution in [1.82, 2.24) is 0 Å². The van der Waals surface area contributed by atoms with Crippen LogP contribution in [0.4, 0.5) is 0 Å². The number of ether oxygens (including phenoxy) is 1. The second kappa shape index (κ2) is 3.03. The molecule has 0 unspecified atom stereocenters. The Morgan fingerprint density at radius 1 is 1.57 bits per heavy atom. The van der Waals surface area contributed by atoms with Crippen molar-refractivity contribution in [2.75, 3.05) is 13.1 Å². The van der Waals surface area contributed by atoms with Gasteiger partial charge >= 0.3 is 44.2 Å². The van der Waals surface area contributed by atoms with Crippen LogP contribution in [-0.2, 0) is 4.74 Å². The molecule has 3 heteroatoms. The molecule has 1 rings (SSSR count). The first-order valence-electron chi connectivity index (χ1n) is 2.56. The van der Waals surface area contributed by atoms with Crippen molar-refractivity contribution in [3.8, 4) is 0 Å². The summed E-state index contributed by atoms with van der Waals surface area (Å²) in [6.07, 6.45) is 1.07. The summed E-state index contributed by atoms with van der Waals surface area (Å²) >= 11 is 0. The molecule has 0 atom stereocenters. The first-order valence-corrected chi connectivity index (χ1v) is 2.56. The molecule has 1 nitrogen and oxygen atoms in total. The molecule has 1 aliphatic heterocycles. The van der Waals surface area contributed by atoms with Gasteiger partial charge in [0.05, 0.1) is 0 Å². The Morgan fingerprint density at radius 2 is 2.57 bits per heavy atom. The fourth-order valence-corrected chi connectivity index (χ4v) is 0.551. The van der Waals surface area contributed by atoms with Crippen molar-refractivity contribution < 1.29 is 4.74 Å². The maximum atomic E-state index is 5.08. The van der Waals surface area contributed by atoms with E-state index in [9.17, 15) is 0 Å². The Hall–Kier alpha value is -0.0401. The molecule has 1 heterocycles. The topological polar surface area (TPSA) is 9.23 Å². The zero-order chi connectivity index (χ0) is 4.95. The van der Waals surface area contributed by atoms with Crippen LogP contribution < -0.4 is 0 Å². The number of hydrogen-bond acceptors (Lipinski definition) is 1. The third-order valence-corrected chi connectivity index (χ3v) is 0.915. The van der Waals surface area contributed by atoms with E-state index < -0.39 is 0 Å². The van der Waals surface area contributed by atoms with Crippen molar-refractivity contribution in [2.45, 2.75) is 6.42 Å². The van der Waals surface area contributed by atoms with Crippen LogP contribution in [0.25, 0.3) is 0 Å². The van der Waals surface area contributed by atoms with E-state index in [2.05, 4.69) is 5.97 Å². The molecule has 35 valence electrons. The second-order valence-electron chi connectivity index (χ2n) is 1.53. The van der Waals surface area contributed by atoms with E-state index in [4.69, 9.17) is 4.74 Å². The van der Waals surface area contributed by atoms with Crippen LogP contribution in [0.5, 0.6) is 0 Å². The van der Waals surface area contributed by atoms with Gasteiger partial charge in [-0.15, -0.1) is 0 Å². The molecule has 0 aromatic heterocycles. The van der Waals surface area contributed by atoms with Gasteiger partial charge in [0.15, 0.2) is 0 Å². The van der Waals surface area contributed by atoms with Crippen molar-refractivity contribution in [3.63, 3.8) is 0 Å². The van der Waals surface area contributed by atoms with Gasteiger partial charge in [0.2, 0.25) is 0 Å². The van der Waals surface area contributed by atoms with Gasteiger partial charge in [-0.1, -0.05) is 0 Å². The van der Waals surface area contributed by atoms with E-state index in [0.29, 0.717) is 0 Å².